The Morgan fingerprint density at radius 2 is 0.925 bits per heavy atom. The van der Waals surface area contributed by atoms with Gasteiger partial charge in [0.25, 0.3) is 0 Å². The Bertz CT molecular complexity index is 802. The number of aliphatic hydroxyl groups excluding tert-OH is 2. The van der Waals surface area contributed by atoms with E-state index in [0.29, 0.717) is 19.3 Å². The molecule has 314 valence electrons. The van der Waals surface area contributed by atoms with Crippen molar-refractivity contribution in [2.45, 2.75) is 270 Å². The van der Waals surface area contributed by atoms with Crippen LogP contribution in [-0.2, 0) is 14.3 Å². The fraction of sp³-hybridized carbons (Fsp3) is 0.915. The normalized spacial score (nSPS) is 13.4. The summed E-state index contributed by atoms with van der Waals surface area (Å²) in [5.41, 5.74) is 0. The number of rotatable bonds is 42. The number of amides is 1. The number of carbonyl (C=O) groups excluding carboxylic acids is 2. The summed E-state index contributed by atoms with van der Waals surface area (Å²) in [6.45, 7) is 6.45. The van der Waals surface area contributed by atoms with Gasteiger partial charge in [-0.15, -0.1) is 0 Å². The molecule has 0 fully saturated rings. The van der Waals surface area contributed by atoms with Crippen LogP contribution in [0.5, 0.6) is 0 Å². The standard InChI is InChI=1S/C47H91NO5/c1-4-7-10-13-16-19-22-24-26-29-32-35-38-43(53-47(52)40-37-34-31-28-21-18-15-12-9-6-3)41-46(51)48-44(42-49)45(50)39-36-33-30-27-25-23-20-17-14-11-8-5-2/h26,29,43-45,49-50H,4-25,27-28,30-42H2,1-3H3,(H,48,51)/b29-26-. The highest BCUT2D eigenvalue weighted by Crippen LogP contribution is 2.17. The maximum absolute atomic E-state index is 13.1. The van der Waals surface area contributed by atoms with Crippen molar-refractivity contribution in [1.29, 1.82) is 0 Å². The van der Waals surface area contributed by atoms with Gasteiger partial charge >= 0.3 is 5.97 Å². The molecule has 0 aliphatic rings. The SMILES string of the molecule is CCCCCCCCC/C=C\CCCC(CC(=O)NC(CO)C(O)CCCCCCCCCCCCCC)OC(=O)CCCCCCCCCCCC. The number of allylic oxidation sites excluding steroid dienone is 2. The molecular formula is C47H91NO5. The van der Waals surface area contributed by atoms with Crippen molar-refractivity contribution >= 4 is 11.9 Å². The lowest BCUT2D eigenvalue weighted by Gasteiger charge is -2.24. The molecule has 0 aromatic heterocycles. The lowest BCUT2D eigenvalue weighted by Crippen LogP contribution is -2.46. The predicted molar refractivity (Wildman–Crippen MR) is 227 cm³/mol. The van der Waals surface area contributed by atoms with Gasteiger partial charge in [-0.2, -0.15) is 0 Å². The molecule has 3 atom stereocenters. The second kappa shape index (κ2) is 41.8. The van der Waals surface area contributed by atoms with Crippen molar-refractivity contribution < 1.29 is 24.5 Å². The van der Waals surface area contributed by atoms with Gasteiger partial charge in [0.05, 0.1) is 25.2 Å². The lowest BCUT2D eigenvalue weighted by atomic mass is 10.0. The first-order chi connectivity index (χ1) is 26.0. The Morgan fingerprint density at radius 3 is 1.38 bits per heavy atom. The summed E-state index contributed by atoms with van der Waals surface area (Å²) in [7, 11) is 0. The van der Waals surface area contributed by atoms with E-state index in [0.717, 1.165) is 51.4 Å². The van der Waals surface area contributed by atoms with E-state index >= 15 is 0 Å². The Hall–Kier alpha value is -1.40. The van der Waals surface area contributed by atoms with Crippen LogP contribution in [0.3, 0.4) is 0 Å². The van der Waals surface area contributed by atoms with Gasteiger partial charge in [-0.1, -0.05) is 206 Å². The van der Waals surface area contributed by atoms with E-state index in [1.54, 1.807) is 0 Å². The molecule has 6 nitrogen and oxygen atoms in total. The van der Waals surface area contributed by atoms with Crippen molar-refractivity contribution in [3.63, 3.8) is 0 Å². The van der Waals surface area contributed by atoms with E-state index < -0.39 is 18.2 Å². The monoisotopic (exact) mass is 750 g/mol. The van der Waals surface area contributed by atoms with E-state index in [1.165, 1.54) is 154 Å². The number of unbranched alkanes of at least 4 members (excludes halogenated alkanes) is 28. The maximum Gasteiger partial charge on any atom is 0.306 e. The summed E-state index contributed by atoms with van der Waals surface area (Å²) in [6, 6.07) is -0.701. The highest BCUT2D eigenvalue weighted by molar-refractivity contribution is 5.77. The molecule has 0 aliphatic heterocycles. The second-order valence-electron chi connectivity index (χ2n) is 16.2. The molecule has 0 bridgehead atoms. The van der Waals surface area contributed by atoms with Gasteiger partial charge in [-0.3, -0.25) is 9.59 Å². The van der Waals surface area contributed by atoms with Crippen LogP contribution in [0.2, 0.25) is 0 Å². The van der Waals surface area contributed by atoms with Crippen molar-refractivity contribution in [3.05, 3.63) is 12.2 Å². The zero-order chi connectivity index (χ0) is 38.9. The zero-order valence-electron chi connectivity index (χ0n) is 35.7. The van der Waals surface area contributed by atoms with Crippen molar-refractivity contribution in [3.8, 4) is 0 Å². The third kappa shape index (κ3) is 37.3. The van der Waals surface area contributed by atoms with Crippen LogP contribution in [0.4, 0.5) is 0 Å². The predicted octanol–water partition coefficient (Wildman–Crippen LogP) is 13.4. The van der Waals surface area contributed by atoms with E-state index in [-0.39, 0.29) is 24.9 Å². The van der Waals surface area contributed by atoms with E-state index in [1.807, 2.05) is 0 Å². The Balaban J connectivity index is 4.58. The molecule has 0 aliphatic carbocycles. The maximum atomic E-state index is 13.1. The lowest BCUT2D eigenvalue weighted by molar-refractivity contribution is -0.151. The molecule has 0 aromatic carbocycles. The topological polar surface area (TPSA) is 95.9 Å². The van der Waals surface area contributed by atoms with Gasteiger partial charge < -0.3 is 20.3 Å². The Labute approximate surface area is 329 Å². The molecule has 3 unspecified atom stereocenters. The van der Waals surface area contributed by atoms with Crippen molar-refractivity contribution in [1.82, 2.24) is 5.32 Å². The molecule has 0 saturated carbocycles. The summed E-state index contributed by atoms with van der Waals surface area (Å²) in [4.78, 5) is 25.9. The van der Waals surface area contributed by atoms with Gasteiger partial charge in [-0.05, 0) is 44.9 Å². The summed E-state index contributed by atoms with van der Waals surface area (Å²) in [5, 5.41) is 23.6. The molecule has 1 amide bonds. The Kier molecular flexibility index (Phi) is 40.7. The summed E-state index contributed by atoms with van der Waals surface area (Å²) >= 11 is 0. The fourth-order valence-electron chi connectivity index (χ4n) is 7.25. The number of hydrogen-bond donors (Lipinski definition) is 3. The van der Waals surface area contributed by atoms with Gasteiger partial charge in [0.1, 0.15) is 6.10 Å². The first-order valence-electron chi connectivity index (χ1n) is 23.4. The highest BCUT2D eigenvalue weighted by atomic mass is 16.5. The molecule has 0 rings (SSSR count). The number of carbonyl (C=O) groups is 2. The van der Waals surface area contributed by atoms with Gasteiger partial charge in [-0.25, -0.2) is 0 Å². The van der Waals surface area contributed by atoms with Crippen LogP contribution in [0.15, 0.2) is 12.2 Å². The van der Waals surface area contributed by atoms with Crippen LogP contribution in [0, 0.1) is 0 Å². The number of esters is 1. The quantitative estimate of drug-likeness (QED) is 0.0328. The molecule has 0 spiro atoms. The Morgan fingerprint density at radius 1 is 0.528 bits per heavy atom. The van der Waals surface area contributed by atoms with E-state index in [9.17, 15) is 19.8 Å². The number of ether oxygens (including phenoxy) is 1. The highest BCUT2D eigenvalue weighted by Gasteiger charge is 2.24. The average Bonchev–Trinajstić information content (AvgIpc) is 3.15. The number of hydrogen-bond acceptors (Lipinski definition) is 5. The summed E-state index contributed by atoms with van der Waals surface area (Å²) in [6.07, 6.45) is 44.1. The van der Waals surface area contributed by atoms with E-state index in [4.69, 9.17) is 4.74 Å². The third-order valence-corrected chi connectivity index (χ3v) is 10.8. The first kappa shape index (κ1) is 51.6. The minimum absolute atomic E-state index is 0.0628. The second-order valence-corrected chi connectivity index (χ2v) is 16.2. The van der Waals surface area contributed by atoms with Crippen LogP contribution >= 0.6 is 0 Å². The molecule has 0 aromatic rings. The zero-order valence-corrected chi connectivity index (χ0v) is 35.7. The molecule has 53 heavy (non-hydrogen) atoms. The fourth-order valence-corrected chi connectivity index (χ4v) is 7.25. The van der Waals surface area contributed by atoms with Gasteiger partial charge in [0, 0.05) is 6.42 Å². The largest absolute Gasteiger partial charge is 0.462 e. The van der Waals surface area contributed by atoms with Crippen LogP contribution < -0.4 is 5.32 Å². The first-order valence-corrected chi connectivity index (χ1v) is 23.4. The number of aliphatic hydroxyl groups is 2. The minimum Gasteiger partial charge on any atom is -0.462 e. The molecule has 6 heteroatoms. The molecule has 0 radical (unpaired) electrons. The van der Waals surface area contributed by atoms with Gasteiger partial charge in [0.15, 0.2) is 0 Å². The average molecular weight is 750 g/mol. The number of nitrogens with one attached hydrogen (secondary N) is 1. The molecule has 3 N–H and O–H groups in total. The summed E-state index contributed by atoms with van der Waals surface area (Å²) < 4.78 is 5.88. The van der Waals surface area contributed by atoms with Crippen LogP contribution in [0.25, 0.3) is 0 Å². The van der Waals surface area contributed by atoms with Gasteiger partial charge in [0.2, 0.25) is 5.91 Å². The van der Waals surface area contributed by atoms with E-state index in [2.05, 4.69) is 38.2 Å². The molecule has 0 saturated heterocycles. The smallest absolute Gasteiger partial charge is 0.306 e. The molecule has 0 heterocycles. The van der Waals surface area contributed by atoms with Crippen LogP contribution in [-0.4, -0.2) is 46.9 Å². The van der Waals surface area contributed by atoms with Crippen molar-refractivity contribution in [2.75, 3.05) is 6.61 Å². The minimum atomic E-state index is -0.786. The van der Waals surface area contributed by atoms with Crippen LogP contribution in [0.1, 0.15) is 252 Å². The summed E-state index contributed by atoms with van der Waals surface area (Å²) in [5.74, 6) is -0.494. The molecular weight excluding hydrogens is 659 g/mol. The third-order valence-electron chi connectivity index (χ3n) is 10.8. The van der Waals surface area contributed by atoms with Crippen molar-refractivity contribution in [2.24, 2.45) is 0 Å².